The van der Waals surface area contributed by atoms with E-state index in [2.05, 4.69) is 64.3 Å². The molecule has 1 aromatic carbocycles. The van der Waals surface area contributed by atoms with Gasteiger partial charge in [0, 0.05) is 11.0 Å². The van der Waals surface area contributed by atoms with Crippen LogP contribution >= 0.6 is 40.7 Å². The maximum Gasteiger partial charge on any atom is 0.0205 e. The fourth-order valence-electron chi connectivity index (χ4n) is 2.41. The van der Waals surface area contributed by atoms with Crippen molar-refractivity contribution in [3.05, 3.63) is 34.3 Å². The minimum Gasteiger partial charge on any atom is -0.313 e. The molecule has 0 aliphatic carbocycles. The van der Waals surface area contributed by atoms with Crippen LogP contribution in [0, 0.1) is 0 Å². The standard InChI is InChI=1S/C18H31BrN2.2ClH/c1-3-5-12-21(13-6-4-2)14-8-11-20-16-17-9-7-10-18(19)15-17;;/h7,9-10,15,20H,3-6,8,11-14,16H2,1-2H3;2*1H. The Balaban J connectivity index is 0. The Morgan fingerprint density at radius 1 is 0.957 bits per heavy atom. The Hall–Kier alpha value is 0.200. The Kier molecular flexibility index (Phi) is 18.8. The van der Waals surface area contributed by atoms with Crippen LogP contribution in [0.15, 0.2) is 28.7 Å². The van der Waals surface area contributed by atoms with Crippen LogP contribution in [0.5, 0.6) is 0 Å². The Bertz CT molecular complexity index is 370. The summed E-state index contributed by atoms with van der Waals surface area (Å²) in [6, 6.07) is 8.52. The van der Waals surface area contributed by atoms with E-state index in [1.165, 1.54) is 57.3 Å². The minimum atomic E-state index is 0. The van der Waals surface area contributed by atoms with Gasteiger partial charge in [0.25, 0.3) is 0 Å². The zero-order valence-corrected chi connectivity index (χ0v) is 17.7. The SMILES string of the molecule is CCCCN(CCCC)CCCNCc1cccc(Br)c1.Cl.Cl. The van der Waals surface area contributed by atoms with Crippen molar-refractivity contribution < 1.29 is 0 Å². The van der Waals surface area contributed by atoms with E-state index in [9.17, 15) is 0 Å². The molecule has 0 bridgehead atoms. The van der Waals surface area contributed by atoms with E-state index in [0.29, 0.717) is 0 Å². The van der Waals surface area contributed by atoms with E-state index in [1.54, 1.807) is 0 Å². The topological polar surface area (TPSA) is 15.3 Å². The number of benzene rings is 1. The summed E-state index contributed by atoms with van der Waals surface area (Å²) in [5, 5.41) is 3.55. The lowest BCUT2D eigenvalue weighted by Crippen LogP contribution is -2.29. The Morgan fingerprint density at radius 2 is 1.57 bits per heavy atom. The second kappa shape index (κ2) is 17.0. The van der Waals surface area contributed by atoms with E-state index >= 15 is 0 Å². The van der Waals surface area contributed by atoms with Crippen LogP contribution in [0.4, 0.5) is 0 Å². The first-order valence-corrected chi connectivity index (χ1v) is 9.23. The third-order valence-electron chi connectivity index (χ3n) is 3.70. The number of hydrogen-bond acceptors (Lipinski definition) is 2. The number of hydrogen-bond donors (Lipinski definition) is 1. The summed E-state index contributed by atoms with van der Waals surface area (Å²) >= 11 is 3.52. The highest BCUT2D eigenvalue weighted by molar-refractivity contribution is 9.10. The fraction of sp³-hybridized carbons (Fsp3) is 0.667. The molecule has 2 nitrogen and oxygen atoms in total. The molecule has 1 rings (SSSR count). The number of unbranched alkanes of at least 4 members (excludes halogenated alkanes) is 2. The molecule has 0 heterocycles. The zero-order valence-electron chi connectivity index (χ0n) is 14.5. The normalized spacial score (nSPS) is 10.3. The average molecular weight is 428 g/mol. The van der Waals surface area contributed by atoms with Crippen molar-refractivity contribution >= 4 is 40.7 Å². The summed E-state index contributed by atoms with van der Waals surface area (Å²) < 4.78 is 1.16. The third kappa shape index (κ3) is 13.2. The molecule has 0 unspecified atom stereocenters. The summed E-state index contributed by atoms with van der Waals surface area (Å²) in [4.78, 5) is 2.63. The van der Waals surface area contributed by atoms with Crippen LogP contribution in [0.1, 0.15) is 51.5 Å². The fourth-order valence-corrected chi connectivity index (χ4v) is 2.85. The Morgan fingerprint density at radius 3 is 2.13 bits per heavy atom. The van der Waals surface area contributed by atoms with Gasteiger partial charge >= 0.3 is 0 Å². The van der Waals surface area contributed by atoms with Gasteiger partial charge in [0.05, 0.1) is 0 Å². The molecule has 0 aromatic heterocycles. The van der Waals surface area contributed by atoms with Crippen LogP contribution in [-0.4, -0.2) is 31.1 Å². The second-order valence-corrected chi connectivity index (χ2v) is 6.62. The molecule has 0 saturated heterocycles. The van der Waals surface area contributed by atoms with Crippen molar-refractivity contribution in [2.75, 3.05) is 26.2 Å². The van der Waals surface area contributed by atoms with Gasteiger partial charge in [-0.1, -0.05) is 54.8 Å². The van der Waals surface area contributed by atoms with Gasteiger partial charge < -0.3 is 10.2 Å². The van der Waals surface area contributed by atoms with Crippen molar-refractivity contribution in [3.63, 3.8) is 0 Å². The molecule has 0 spiro atoms. The van der Waals surface area contributed by atoms with E-state index in [1.807, 2.05) is 0 Å². The summed E-state index contributed by atoms with van der Waals surface area (Å²) in [6.07, 6.45) is 6.49. The molecule has 136 valence electrons. The molecule has 0 atom stereocenters. The maximum absolute atomic E-state index is 3.55. The van der Waals surface area contributed by atoms with Gasteiger partial charge in [0.15, 0.2) is 0 Å². The highest BCUT2D eigenvalue weighted by atomic mass is 79.9. The first kappa shape index (κ1) is 25.4. The summed E-state index contributed by atoms with van der Waals surface area (Å²) in [5.41, 5.74) is 1.35. The first-order chi connectivity index (χ1) is 10.3. The number of nitrogens with zero attached hydrogens (tertiary/aromatic N) is 1. The van der Waals surface area contributed by atoms with Gasteiger partial charge in [-0.25, -0.2) is 0 Å². The molecular formula is C18H33BrCl2N2. The van der Waals surface area contributed by atoms with Crippen LogP contribution < -0.4 is 5.32 Å². The van der Waals surface area contributed by atoms with Crippen LogP contribution in [0.3, 0.4) is 0 Å². The van der Waals surface area contributed by atoms with E-state index in [0.717, 1.165) is 17.6 Å². The molecule has 23 heavy (non-hydrogen) atoms. The van der Waals surface area contributed by atoms with Crippen molar-refractivity contribution in [1.82, 2.24) is 10.2 Å². The molecular weight excluding hydrogens is 395 g/mol. The average Bonchev–Trinajstić information content (AvgIpc) is 2.49. The van der Waals surface area contributed by atoms with Gasteiger partial charge in [-0.2, -0.15) is 0 Å². The minimum absolute atomic E-state index is 0. The lowest BCUT2D eigenvalue weighted by molar-refractivity contribution is 0.261. The molecule has 0 aliphatic rings. The van der Waals surface area contributed by atoms with Gasteiger partial charge in [0.2, 0.25) is 0 Å². The van der Waals surface area contributed by atoms with E-state index < -0.39 is 0 Å². The summed E-state index contributed by atoms with van der Waals surface area (Å²) in [7, 11) is 0. The number of halogens is 3. The third-order valence-corrected chi connectivity index (χ3v) is 4.20. The summed E-state index contributed by atoms with van der Waals surface area (Å²) in [5.74, 6) is 0. The van der Waals surface area contributed by atoms with E-state index in [-0.39, 0.29) is 24.8 Å². The van der Waals surface area contributed by atoms with Gasteiger partial charge in [-0.15, -0.1) is 24.8 Å². The summed E-state index contributed by atoms with van der Waals surface area (Å²) in [6.45, 7) is 10.4. The van der Waals surface area contributed by atoms with Gasteiger partial charge in [-0.05, 0) is 63.1 Å². The zero-order chi connectivity index (χ0) is 15.3. The predicted molar refractivity (Wildman–Crippen MR) is 111 cm³/mol. The van der Waals surface area contributed by atoms with Crippen LogP contribution in [0.2, 0.25) is 0 Å². The quantitative estimate of drug-likeness (QED) is 0.432. The first-order valence-electron chi connectivity index (χ1n) is 8.43. The van der Waals surface area contributed by atoms with Crippen LogP contribution in [0.25, 0.3) is 0 Å². The van der Waals surface area contributed by atoms with Gasteiger partial charge in [-0.3, -0.25) is 0 Å². The highest BCUT2D eigenvalue weighted by Crippen LogP contribution is 2.11. The monoisotopic (exact) mass is 426 g/mol. The van der Waals surface area contributed by atoms with Crippen molar-refractivity contribution in [2.24, 2.45) is 0 Å². The van der Waals surface area contributed by atoms with E-state index in [4.69, 9.17) is 0 Å². The van der Waals surface area contributed by atoms with Crippen LogP contribution in [-0.2, 0) is 6.54 Å². The number of nitrogens with one attached hydrogen (secondary N) is 1. The lowest BCUT2D eigenvalue weighted by Gasteiger charge is -2.21. The molecule has 0 saturated carbocycles. The van der Waals surface area contributed by atoms with Crippen molar-refractivity contribution in [3.8, 4) is 0 Å². The second-order valence-electron chi connectivity index (χ2n) is 5.71. The molecule has 0 radical (unpaired) electrons. The molecule has 5 heteroatoms. The Labute approximate surface area is 163 Å². The largest absolute Gasteiger partial charge is 0.313 e. The molecule has 0 aliphatic heterocycles. The predicted octanol–water partition coefficient (Wildman–Crippen LogP) is 5.67. The molecule has 1 N–H and O–H groups in total. The number of rotatable bonds is 12. The smallest absolute Gasteiger partial charge is 0.0205 e. The lowest BCUT2D eigenvalue weighted by atomic mass is 10.2. The highest BCUT2D eigenvalue weighted by Gasteiger charge is 2.03. The maximum atomic E-state index is 3.55. The molecule has 0 fully saturated rings. The van der Waals surface area contributed by atoms with Gasteiger partial charge in [0.1, 0.15) is 0 Å². The van der Waals surface area contributed by atoms with Crippen molar-refractivity contribution in [1.29, 1.82) is 0 Å². The molecule has 0 amide bonds. The van der Waals surface area contributed by atoms with Crippen molar-refractivity contribution in [2.45, 2.75) is 52.5 Å². The molecule has 1 aromatic rings.